The van der Waals surface area contributed by atoms with Crippen LogP contribution in [0.15, 0.2) is 41.7 Å². The molecule has 2 N–H and O–H groups in total. The summed E-state index contributed by atoms with van der Waals surface area (Å²) < 4.78 is 7.92. The zero-order valence-electron chi connectivity index (χ0n) is 15.0. The fourth-order valence-corrected chi connectivity index (χ4v) is 4.05. The molecule has 7 nitrogen and oxygen atoms in total. The van der Waals surface area contributed by atoms with Crippen LogP contribution in [0.5, 0.6) is 0 Å². The second kappa shape index (κ2) is 8.69. The molecule has 142 valence electrons. The SMILES string of the molecule is OCCNc1nc(SCc2ccccc2)c2ncn(C3CCCCO3)c2n1. The third-order valence-corrected chi connectivity index (χ3v) is 5.50. The minimum atomic E-state index is -0.0312. The van der Waals surface area contributed by atoms with Crippen LogP contribution in [0.1, 0.15) is 31.1 Å². The summed E-state index contributed by atoms with van der Waals surface area (Å²) in [4.78, 5) is 13.8. The summed E-state index contributed by atoms with van der Waals surface area (Å²) in [5.74, 6) is 1.31. The van der Waals surface area contributed by atoms with E-state index in [1.54, 1.807) is 18.1 Å². The normalized spacial score (nSPS) is 17.3. The number of nitrogens with one attached hydrogen (secondary N) is 1. The van der Waals surface area contributed by atoms with E-state index in [0.29, 0.717) is 12.5 Å². The molecule has 1 fully saturated rings. The van der Waals surface area contributed by atoms with Gasteiger partial charge in [0.1, 0.15) is 16.8 Å². The number of imidazole rings is 1. The number of aliphatic hydroxyl groups is 1. The van der Waals surface area contributed by atoms with E-state index in [1.165, 1.54) is 5.56 Å². The number of aliphatic hydroxyl groups excluding tert-OH is 1. The van der Waals surface area contributed by atoms with E-state index in [1.807, 2.05) is 22.8 Å². The smallest absolute Gasteiger partial charge is 0.225 e. The number of benzene rings is 1. The molecule has 3 aromatic rings. The van der Waals surface area contributed by atoms with E-state index in [-0.39, 0.29) is 12.8 Å². The zero-order valence-corrected chi connectivity index (χ0v) is 15.9. The number of aromatic nitrogens is 4. The predicted octanol–water partition coefficient (Wildman–Crippen LogP) is 3.22. The van der Waals surface area contributed by atoms with Crippen molar-refractivity contribution in [2.75, 3.05) is 25.1 Å². The maximum atomic E-state index is 9.12. The molecule has 0 radical (unpaired) electrons. The lowest BCUT2D eigenvalue weighted by atomic mass is 10.2. The molecule has 1 aromatic carbocycles. The second-order valence-electron chi connectivity index (χ2n) is 6.42. The van der Waals surface area contributed by atoms with Crippen molar-refractivity contribution in [3.05, 3.63) is 42.2 Å². The van der Waals surface area contributed by atoms with E-state index >= 15 is 0 Å². The molecule has 4 rings (SSSR count). The third-order valence-electron chi connectivity index (χ3n) is 4.47. The molecular weight excluding hydrogens is 362 g/mol. The van der Waals surface area contributed by atoms with Crippen molar-refractivity contribution >= 4 is 28.9 Å². The Labute approximate surface area is 162 Å². The van der Waals surface area contributed by atoms with E-state index < -0.39 is 0 Å². The molecule has 0 aliphatic carbocycles. The lowest BCUT2D eigenvalue weighted by molar-refractivity contribution is -0.0298. The van der Waals surface area contributed by atoms with Crippen LogP contribution in [0, 0.1) is 0 Å². The molecule has 1 aliphatic heterocycles. The highest BCUT2D eigenvalue weighted by Crippen LogP contribution is 2.31. The van der Waals surface area contributed by atoms with Crippen molar-refractivity contribution in [3.63, 3.8) is 0 Å². The molecular formula is C19H23N5O2S. The molecule has 0 amide bonds. The Kier molecular flexibility index (Phi) is 5.86. The minimum Gasteiger partial charge on any atom is -0.395 e. The highest BCUT2D eigenvalue weighted by Gasteiger charge is 2.21. The number of hydrogen-bond acceptors (Lipinski definition) is 7. The van der Waals surface area contributed by atoms with Crippen molar-refractivity contribution in [1.82, 2.24) is 19.5 Å². The average molecular weight is 385 g/mol. The first-order valence-corrected chi connectivity index (χ1v) is 10.2. The number of ether oxygens (including phenoxy) is 1. The van der Waals surface area contributed by atoms with Gasteiger partial charge in [-0.3, -0.25) is 4.57 Å². The average Bonchev–Trinajstić information content (AvgIpc) is 3.16. The number of anilines is 1. The van der Waals surface area contributed by atoms with Crippen molar-refractivity contribution < 1.29 is 9.84 Å². The van der Waals surface area contributed by atoms with Gasteiger partial charge in [0, 0.05) is 18.9 Å². The number of hydrogen-bond donors (Lipinski definition) is 2. The Balaban J connectivity index is 1.66. The van der Waals surface area contributed by atoms with Crippen LogP contribution in [0.4, 0.5) is 5.95 Å². The molecule has 27 heavy (non-hydrogen) atoms. The zero-order chi connectivity index (χ0) is 18.5. The van der Waals surface area contributed by atoms with Gasteiger partial charge < -0.3 is 15.2 Å². The van der Waals surface area contributed by atoms with E-state index in [2.05, 4.69) is 32.4 Å². The lowest BCUT2D eigenvalue weighted by Crippen LogP contribution is -2.18. The maximum Gasteiger partial charge on any atom is 0.225 e. The molecule has 8 heteroatoms. The topological polar surface area (TPSA) is 85.1 Å². The molecule has 1 saturated heterocycles. The number of nitrogens with zero attached hydrogens (tertiary/aromatic N) is 4. The first kappa shape index (κ1) is 18.2. The van der Waals surface area contributed by atoms with Gasteiger partial charge in [0.15, 0.2) is 5.65 Å². The Hall–Kier alpha value is -2.16. The Morgan fingerprint density at radius 3 is 2.89 bits per heavy atom. The molecule has 1 unspecified atom stereocenters. The van der Waals surface area contributed by atoms with E-state index in [4.69, 9.17) is 9.84 Å². The van der Waals surface area contributed by atoms with Crippen molar-refractivity contribution in [2.24, 2.45) is 0 Å². The fourth-order valence-electron chi connectivity index (χ4n) is 3.12. The van der Waals surface area contributed by atoms with Crippen LogP contribution in [0.25, 0.3) is 11.2 Å². The van der Waals surface area contributed by atoms with Crippen LogP contribution in [0.2, 0.25) is 0 Å². The Bertz CT molecular complexity index is 880. The summed E-state index contributed by atoms with van der Waals surface area (Å²) in [6.45, 7) is 1.20. The van der Waals surface area contributed by atoms with Crippen LogP contribution in [-0.2, 0) is 10.5 Å². The quantitative estimate of drug-likeness (QED) is 0.477. The third kappa shape index (κ3) is 4.23. The molecule has 3 heterocycles. The second-order valence-corrected chi connectivity index (χ2v) is 7.39. The summed E-state index contributed by atoms with van der Waals surface area (Å²) in [5, 5.41) is 13.0. The highest BCUT2D eigenvalue weighted by molar-refractivity contribution is 7.98. The number of thioether (sulfide) groups is 1. The van der Waals surface area contributed by atoms with Gasteiger partial charge in [-0.1, -0.05) is 42.1 Å². The molecule has 0 bridgehead atoms. The van der Waals surface area contributed by atoms with Crippen molar-refractivity contribution in [1.29, 1.82) is 0 Å². The monoisotopic (exact) mass is 385 g/mol. The summed E-state index contributed by atoms with van der Waals surface area (Å²) in [7, 11) is 0. The summed E-state index contributed by atoms with van der Waals surface area (Å²) in [6, 6.07) is 10.3. The summed E-state index contributed by atoms with van der Waals surface area (Å²) >= 11 is 1.64. The Morgan fingerprint density at radius 2 is 2.11 bits per heavy atom. The van der Waals surface area contributed by atoms with E-state index in [0.717, 1.165) is 47.8 Å². The van der Waals surface area contributed by atoms with Gasteiger partial charge in [-0.25, -0.2) is 9.97 Å². The summed E-state index contributed by atoms with van der Waals surface area (Å²) in [5.41, 5.74) is 2.79. The van der Waals surface area contributed by atoms with Crippen LogP contribution in [0.3, 0.4) is 0 Å². The van der Waals surface area contributed by atoms with Gasteiger partial charge in [0.2, 0.25) is 5.95 Å². The van der Waals surface area contributed by atoms with Gasteiger partial charge in [-0.15, -0.1) is 0 Å². The van der Waals surface area contributed by atoms with Gasteiger partial charge in [0.05, 0.1) is 12.9 Å². The minimum absolute atomic E-state index is 0.0267. The molecule has 0 spiro atoms. The highest BCUT2D eigenvalue weighted by atomic mass is 32.2. The molecule has 2 aromatic heterocycles. The Morgan fingerprint density at radius 1 is 1.22 bits per heavy atom. The molecule has 1 aliphatic rings. The maximum absolute atomic E-state index is 9.12. The van der Waals surface area contributed by atoms with Crippen molar-refractivity contribution in [2.45, 2.75) is 36.3 Å². The molecule has 0 saturated carbocycles. The largest absolute Gasteiger partial charge is 0.395 e. The fraction of sp³-hybridized carbons (Fsp3) is 0.421. The first-order valence-electron chi connectivity index (χ1n) is 9.23. The lowest BCUT2D eigenvalue weighted by Gasteiger charge is -2.23. The van der Waals surface area contributed by atoms with Gasteiger partial charge in [-0.2, -0.15) is 4.98 Å². The number of fused-ring (bicyclic) bond motifs is 1. The standard InChI is InChI=1S/C19H23N5O2S/c25-10-9-20-19-22-17-16(21-13-24(17)15-8-4-5-11-26-15)18(23-19)27-12-14-6-2-1-3-7-14/h1-3,6-7,13,15,25H,4-5,8-12H2,(H,20,22,23). The predicted molar refractivity (Wildman–Crippen MR) is 106 cm³/mol. The van der Waals surface area contributed by atoms with Gasteiger partial charge in [-0.05, 0) is 24.8 Å². The van der Waals surface area contributed by atoms with E-state index in [9.17, 15) is 0 Å². The first-order chi connectivity index (χ1) is 13.3. The summed E-state index contributed by atoms with van der Waals surface area (Å²) in [6.07, 6.45) is 4.97. The van der Waals surface area contributed by atoms with Crippen LogP contribution in [-0.4, -0.2) is 44.4 Å². The van der Waals surface area contributed by atoms with Crippen molar-refractivity contribution in [3.8, 4) is 0 Å². The molecule has 1 atom stereocenters. The van der Waals surface area contributed by atoms with Crippen LogP contribution >= 0.6 is 11.8 Å². The van der Waals surface area contributed by atoms with Crippen LogP contribution < -0.4 is 5.32 Å². The van der Waals surface area contributed by atoms with Gasteiger partial charge in [0.25, 0.3) is 0 Å². The number of rotatable bonds is 7. The van der Waals surface area contributed by atoms with Gasteiger partial charge >= 0.3 is 0 Å².